The highest BCUT2D eigenvalue weighted by Gasteiger charge is 2.29. The van der Waals surface area contributed by atoms with Crippen molar-refractivity contribution in [2.75, 3.05) is 11.4 Å². The fourth-order valence-corrected chi connectivity index (χ4v) is 3.87. The molecule has 0 aliphatic carbocycles. The van der Waals surface area contributed by atoms with Gasteiger partial charge in [0.2, 0.25) is 0 Å². The summed E-state index contributed by atoms with van der Waals surface area (Å²) in [6.07, 6.45) is 0.415. The number of nitrogens with zero attached hydrogens (tertiary/aromatic N) is 1. The average Bonchev–Trinajstić information content (AvgIpc) is 3.09. The van der Waals surface area contributed by atoms with Gasteiger partial charge in [0.1, 0.15) is 11.6 Å². The number of carbonyl (C=O) groups excluding carboxylic acids is 1. The molecule has 3 aromatic rings. The molecule has 0 N–H and O–H groups in total. The zero-order valence-corrected chi connectivity index (χ0v) is 12.3. The average molecular weight is 315 g/mol. The topological polar surface area (TPSA) is 20.3 Å². The Bertz CT molecular complexity index is 870. The molecule has 0 saturated carbocycles. The molecule has 0 atom stereocenters. The maximum absolute atomic E-state index is 13.8. The number of benzene rings is 2. The second kappa shape index (κ2) is 4.88. The van der Waals surface area contributed by atoms with Gasteiger partial charge in [0.25, 0.3) is 5.91 Å². The minimum Gasteiger partial charge on any atom is -0.307 e. The van der Waals surface area contributed by atoms with Gasteiger partial charge >= 0.3 is 0 Å². The molecular formula is C17H11F2NOS. The predicted octanol–water partition coefficient (Wildman–Crippen LogP) is 4.38. The van der Waals surface area contributed by atoms with E-state index >= 15 is 0 Å². The van der Waals surface area contributed by atoms with E-state index in [9.17, 15) is 13.6 Å². The van der Waals surface area contributed by atoms with Crippen LogP contribution >= 0.6 is 11.3 Å². The van der Waals surface area contributed by atoms with Crippen molar-refractivity contribution in [2.24, 2.45) is 0 Å². The van der Waals surface area contributed by atoms with Crippen molar-refractivity contribution in [3.05, 3.63) is 64.5 Å². The highest BCUT2D eigenvalue weighted by atomic mass is 32.1. The Balaban J connectivity index is 1.76. The van der Waals surface area contributed by atoms with E-state index in [2.05, 4.69) is 0 Å². The molecule has 110 valence electrons. The van der Waals surface area contributed by atoms with E-state index in [4.69, 9.17) is 0 Å². The third kappa shape index (κ3) is 2.01. The Hall–Kier alpha value is -2.27. The number of carbonyl (C=O) groups is 1. The second-order valence-corrected chi connectivity index (χ2v) is 6.32. The SMILES string of the molecule is O=C(c1cc2ccccc2s1)N1CCc2c(F)cc(F)cc21. The molecule has 0 unspecified atom stereocenters. The standard InChI is InChI=1S/C17H11F2NOS/c18-11-8-13(19)12-5-6-20(14(12)9-11)17(21)16-7-10-3-1-2-4-15(10)22-16/h1-4,7-9H,5-6H2. The Labute approximate surface area is 129 Å². The van der Waals surface area contributed by atoms with Gasteiger partial charge in [0.15, 0.2) is 0 Å². The number of hydrogen-bond acceptors (Lipinski definition) is 2. The summed E-state index contributed by atoms with van der Waals surface area (Å²) in [6, 6.07) is 11.7. The van der Waals surface area contributed by atoms with Gasteiger partial charge in [-0.25, -0.2) is 8.78 Å². The Morgan fingerprint density at radius 2 is 1.95 bits per heavy atom. The maximum atomic E-state index is 13.8. The summed E-state index contributed by atoms with van der Waals surface area (Å²) in [5, 5.41) is 1.00. The number of thiophene rings is 1. The van der Waals surface area contributed by atoms with E-state index in [1.165, 1.54) is 22.3 Å². The number of amides is 1. The minimum absolute atomic E-state index is 0.204. The molecule has 0 bridgehead atoms. The van der Waals surface area contributed by atoms with Gasteiger partial charge in [-0.15, -0.1) is 11.3 Å². The van der Waals surface area contributed by atoms with Gasteiger partial charge in [0.05, 0.1) is 10.6 Å². The van der Waals surface area contributed by atoms with Crippen molar-refractivity contribution in [1.29, 1.82) is 0 Å². The normalized spacial score (nSPS) is 13.6. The molecule has 1 aromatic heterocycles. The minimum atomic E-state index is -0.660. The number of halogens is 2. The van der Waals surface area contributed by atoms with Crippen LogP contribution in [0.25, 0.3) is 10.1 Å². The number of rotatable bonds is 1. The molecule has 2 heterocycles. The molecule has 5 heteroatoms. The molecule has 0 saturated heterocycles. The highest BCUT2D eigenvalue weighted by Crippen LogP contribution is 2.34. The van der Waals surface area contributed by atoms with Gasteiger partial charge in [-0.3, -0.25) is 4.79 Å². The van der Waals surface area contributed by atoms with E-state index in [0.717, 1.165) is 16.2 Å². The van der Waals surface area contributed by atoms with Gasteiger partial charge < -0.3 is 4.90 Å². The van der Waals surface area contributed by atoms with Gasteiger partial charge in [-0.1, -0.05) is 18.2 Å². The van der Waals surface area contributed by atoms with Crippen LogP contribution in [0.15, 0.2) is 42.5 Å². The number of anilines is 1. The zero-order chi connectivity index (χ0) is 15.3. The van der Waals surface area contributed by atoms with Crippen LogP contribution < -0.4 is 4.90 Å². The van der Waals surface area contributed by atoms with Crippen molar-refractivity contribution in [2.45, 2.75) is 6.42 Å². The third-order valence-electron chi connectivity index (χ3n) is 3.89. The van der Waals surface area contributed by atoms with Crippen molar-refractivity contribution >= 4 is 33.0 Å². The molecular weight excluding hydrogens is 304 g/mol. The van der Waals surface area contributed by atoms with E-state index in [-0.39, 0.29) is 5.91 Å². The Morgan fingerprint density at radius 1 is 1.14 bits per heavy atom. The lowest BCUT2D eigenvalue weighted by Gasteiger charge is -2.16. The van der Waals surface area contributed by atoms with Crippen molar-refractivity contribution in [3.63, 3.8) is 0 Å². The van der Waals surface area contributed by atoms with Crippen LogP contribution in [0, 0.1) is 11.6 Å². The summed E-state index contributed by atoms with van der Waals surface area (Å²) in [6.45, 7) is 0.378. The summed E-state index contributed by atoms with van der Waals surface area (Å²) in [5.74, 6) is -1.45. The van der Waals surface area contributed by atoms with Crippen LogP contribution in [0.3, 0.4) is 0 Å². The molecule has 22 heavy (non-hydrogen) atoms. The molecule has 0 spiro atoms. The lowest BCUT2D eigenvalue weighted by molar-refractivity contribution is 0.0993. The highest BCUT2D eigenvalue weighted by molar-refractivity contribution is 7.20. The first-order chi connectivity index (χ1) is 10.6. The van der Waals surface area contributed by atoms with Gasteiger partial charge in [-0.05, 0) is 30.0 Å². The molecule has 1 amide bonds. The first-order valence-corrected chi connectivity index (χ1v) is 7.73. The lowest BCUT2D eigenvalue weighted by atomic mass is 10.1. The van der Waals surface area contributed by atoms with E-state index in [0.29, 0.717) is 29.1 Å². The monoisotopic (exact) mass is 315 g/mol. The van der Waals surface area contributed by atoms with Crippen LogP contribution in [0.5, 0.6) is 0 Å². The number of fused-ring (bicyclic) bond motifs is 2. The molecule has 0 radical (unpaired) electrons. The smallest absolute Gasteiger partial charge is 0.268 e. The zero-order valence-electron chi connectivity index (χ0n) is 11.5. The first-order valence-electron chi connectivity index (χ1n) is 6.92. The fourth-order valence-electron chi connectivity index (χ4n) is 2.85. The van der Waals surface area contributed by atoms with Crippen molar-refractivity contribution in [1.82, 2.24) is 0 Å². The second-order valence-electron chi connectivity index (χ2n) is 5.24. The fraction of sp³-hybridized carbons (Fsp3) is 0.118. The van der Waals surface area contributed by atoms with Crippen molar-refractivity contribution in [3.8, 4) is 0 Å². The molecule has 2 aromatic carbocycles. The van der Waals surface area contributed by atoms with Gasteiger partial charge in [0, 0.05) is 22.9 Å². The molecule has 2 nitrogen and oxygen atoms in total. The Kier molecular flexibility index (Phi) is 2.97. The summed E-state index contributed by atoms with van der Waals surface area (Å²) in [5.41, 5.74) is 0.760. The molecule has 0 fully saturated rings. The van der Waals surface area contributed by atoms with E-state index in [1.54, 1.807) is 0 Å². The van der Waals surface area contributed by atoms with Crippen LogP contribution in [-0.4, -0.2) is 12.5 Å². The van der Waals surface area contributed by atoms with E-state index in [1.807, 2.05) is 30.3 Å². The van der Waals surface area contributed by atoms with Crippen LogP contribution in [0.4, 0.5) is 14.5 Å². The summed E-state index contributed by atoms with van der Waals surface area (Å²) in [7, 11) is 0. The lowest BCUT2D eigenvalue weighted by Crippen LogP contribution is -2.28. The third-order valence-corrected chi connectivity index (χ3v) is 5.00. The summed E-state index contributed by atoms with van der Waals surface area (Å²) >= 11 is 1.40. The van der Waals surface area contributed by atoms with Gasteiger partial charge in [-0.2, -0.15) is 0 Å². The molecule has 1 aliphatic heterocycles. The quantitative estimate of drug-likeness (QED) is 0.652. The summed E-state index contributed by atoms with van der Waals surface area (Å²) < 4.78 is 28.3. The molecule has 4 rings (SSSR count). The maximum Gasteiger partial charge on any atom is 0.268 e. The Morgan fingerprint density at radius 3 is 2.77 bits per heavy atom. The van der Waals surface area contributed by atoms with Crippen LogP contribution in [0.1, 0.15) is 15.2 Å². The summed E-state index contributed by atoms with van der Waals surface area (Å²) in [4.78, 5) is 14.7. The largest absolute Gasteiger partial charge is 0.307 e. The first kappa shape index (κ1) is 13.4. The van der Waals surface area contributed by atoms with Crippen LogP contribution in [0.2, 0.25) is 0 Å². The van der Waals surface area contributed by atoms with Crippen molar-refractivity contribution < 1.29 is 13.6 Å². The van der Waals surface area contributed by atoms with Crippen LogP contribution in [-0.2, 0) is 6.42 Å². The predicted molar refractivity (Wildman–Crippen MR) is 83.6 cm³/mol. The van der Waals surface area contributed by atoms with E-state index < -0.39 is 11.6 Å². The molecule has 1 aliphatic rings. The number of hydrogen-bond donors (Lipinski definition) is 0.